The van der Waals surface area contributed by atoms with Gasteiger partial charge in [-0.25, -0.2) is 14.5 Å². The van der Waals surface area contributed by atoms with Crippen molar-refractivity contribution in [3.05, 3.63) is 114 Å². The predicted molar refractivity (Wildman–Crippen MR) is 143 cm³/mol. The topological polar surface area (TPSA) is 118 Å². The molecule has 0 aliphatic carbocycles. The zero-order valence-electron chi connectivity index (χ0n) is 20.5. The van der Waals surface area contributed by atoms with Crippen LogP contribution in [-0.2, 0) is 0 Å². The number of nitrogens with zero attached hydrogens (tertiary/aromatic N) is 5. The fourth-order valence-electron chi connectivity index (χ4n) is 4.48. The molecule has 2 aromatic carbocycles. The van der Waals surface area contributed by atoms with E-state index in [1.165, 1.54) is 4.52 Å². The lowest BCUT2D eigenvalue weighted by molar-refractivity contribution is -0.578. The fourth-order valence-corrected chi connectivity index (χ4v) is 4.48. The van der Waals surface area contributed by atoms with Crippen LogP contribution in [-0.4, -0.2) is 30.5 Å². The summed E-state index contributed by atoms with van der Waals surface area (Å²) in [5.74, 6) is 7.08. The molecule has 0 fully saturated rings. The lowest BCUT2D eigenvalue weighted by Gasteiger charge is -2.11. The number of nitrogens with two attached hydrogens (primary N) is 1. The highest BCUT2D eigenvalue weighted by Crippen LogP contribution is 2.22. The Kier molecular flexibility index (Phi) is 5.75. The number of anilines is 1. The number of nitrogen functional groups attached to an aromatic ring is 1. The molecule has 0 aliphatic rings. The highest BCUT2D eigenvalue weighted by Gasteiger charge is 2.29. The first-order chi connectivity index (χ1) is 18.6. The van der Waals surface area contributed by atoms with Gasteiger partial charge in [-0.2, -0.15) is 4.57 Å². The lowest BCUT2D eigenvalue weighted by Crippen LogP contribution is -2.40. The summed E-state index contributed by atoms with van der Waals surface area (Å²) in [6.45, 7) is 1.92. The molecule has 4 N–H and O–H groups in total. The Morgan fingerprint density at radius 2 is 1.84 bits per heavy atom. The predicted octanol–water partition coefficient (Wildman–Crippen LogP) is 3.36. The molecule has 9 heteroatoms. The second kappa shape index (κ2) is 9.52. The normalized spacial score (nSPS) is 11.7. The van der Waals surface area contributed by atoms with Gasteiger partial charge in [0.1, 0.15) is 17.3 Å². The maximum absolute atomic E-state index is 13.4. The van der Waals surface area contributed by atoms with Crippen molar-refractivity contribution in [3.8, 4) is 17.5 Å². The van der Waals surface area contributed by atoms with Crippen LogP contribution in [0.25, 0.3) is 22.4 Å². The van der Waals surface area contributed by atoms with Crippen LogP contribution in [0.2, 0.25) is 0 Å². The van der Waals surface area contributed by atoms with Crippen LogP contribution in [0.5, 0.6) is 0 Å². The van der Waals surface area contributed by atoms with Gasteiger partial charge in [0.2, 0.25) is 0 Å². The van der Waals surface area contributed by atoms with Crippen LogP contribution in [0.3, 0.4) is 0 Å². The quantitative estimate of drug-likeness (QED) is 0.254. The molecule has 1 atom stereocenters. The van der Waals surface area contributed by atoms with Gasteiger partial charge in [-0.05, 0) is 49.4 Å². The summed E-state index contributed by atoms with van der Waals surface area (Å²) < 4.78 is 3.59. The Balaban J connectivity index is 1.45. The third-order valence-electron chi connectivity index (χ3n) is 6.21. The number of fused-ring (bicyclic) bond motifs is 2. The Hall–Kier alpha value is -5.49. The van der Waals surface area contributed by atoms with Gasteiger partial charge in [-0.1, -0.05) is 36.1 Å². The summed E-state index contributed by atoms with van der Waals surface area (Å²) in [5.41, 5.74) is 11.2. The van der Waals surface area contributed by atoms with Crippen molar-refractivity contribution in [2.75, 3.05) is 5.73 Å². The van der Waals surface area contributed by atoms with E-state index in [1.54, 1.807) is 30.9 Å². The highest BCUT2D eigenvalue weighted by atomic mass is 16.1. The second-order valence-corrected chi connectivity index (χ2v) is 8.71. The number of rotatable bonds is 4. The lowest BCUT2D eigenvalue weighted by atomic mass is 10.1. The van der Waals surface area contributed by atoms with Crippen molar-refractivity contribution in [2.45, 2.75) is 13.0 Å². The number of hydrogen-bond acceptors (Lipinski definition) is 5. The van der Waals surface area contributed by atoms with Gasteiger partial charge >= 0.3 is 0 Å². The van der Waals surface area contributed by atoms with Crippen molar-refractivity contribution in [1.29, 1.82) is 0 Å². The Morgan fingerprint density at radius 3 is 2.66 bits per heavy atom. The minimum atomic E-state index is -0.422. The fraction of sp³-hybridized carbons (Fsp3) is 0.0690. The number of amides is 1. The smallest absolute Gasteiger partial charge is 0.283 e. The highest BCUT2D eigenvalue weighted by molar-refractivity contribution is 6.04. The number of carbonyl (C=O) groups is 1. The maximum Gasteiger partial charge on any atom is 0.283 e. The molecule has 0 saturated heterocycles. The minimum absolute atomic E-state index is 0.120. The van der Waals surface area contributed by atoms with Crippen LogP contribution in [0.4, 0.5) is 5.82 Å². The Labute approximate surface area is 218 Å². The second-order valence-electron chi connectivity index (χ2n) is 8.71. The standard InChI is InChI=1S/C29H22N8O/c1-19(33-29(38)24-26(30)35-36-18-6-15-32-28(24)36)27-34-23-10-5-7-21(12-11-20-13-16-31-17-14-20)25(23)37(27)22-8-3-2-4-9-22/h2-10,13-19H,1H3,(H3,30,33,35,38)/p+1/t19-/m1/s1. The average Bonchev–Trinajstić information content (AvgIpc) is 3.50. The van der Waals surface area contributed by atoms with E-state index in [2.05, 4.69) is 41.8 Å². The van der Waals surface area contributed by atoms with E-state index < -0.39 is 6.04 Å². The van der Waals surface area contributed by atoms with Gasteiger partial charge < -0.3 is 11.1 Å². The van der Waals surface area contributed by atoms with Gasteiger partial charge in [-0.3, -0.25) is 9.78 Å². The molecule has 0 bridgehead atoms. The largest absolute Gasteiger partial charge is 0.381 e. The van der Waals surface area contributed by atoms with E-state index in [4.69, 9.17) is 5.73 Å². The van der Waals surface area contributed by atoms with Crippen LogP contribution >= 0.6 is 0 Å². The molecule has 4 heterocycles. The molecule has 38 heavy (non-hydrogen) atoms. The summed E-state index contributed by atoms with van der Waals surface area (Å²) in [6, 6.07) is 21.0. The summed E-state index contributed by atoms with van der Waals surface area (Å²) >= 11 is 0. The summed E-state index contributed by atoms with van der Waals surface area (Å²) in [7, 11) is 0. The summed E-state index contributed by atoms with van der Waals surface area (Å²) in [6.07, 6.45) is 6.75. The van der Waals surface area contributed by atoms with Gasteiger partial charge in [0.25, 0.3) is 11.7 Å². The van der Waals surface area contributed by atoms with E-state index in [-0.39, 0.29) is 17.3 Å². The molecular formula is C29H23N8O+. The van der Waals surface area contributed by atoms with E-state index in [0.717, 1.165) is 33.7 Å². The number of hydrogen-bond donors (Lipinski definition) is 3. The number of para-hydroxylation sites is 2. The molecule has 4 aromatic heterocycles. The molecule has 184 valence electrons. The first-order valence-electron chi connectivity index (χ1n) is 12.0. The van der Waals surface area contributed by atoms with E-state index in [1.807, 2.05) is 67.6 Å². The monoisotopic (exact) mass is 499 g/mol. The first kappa shape index (κ1) is 22.9. The van der Waals surface area contributed by atoms with Gasteiger partial charge in [0.15, 0.2) is 22.5 Å². The molecule has 0 saturated carbocycles. The number of imidazole rings is 1. The van der Waals surface area contributed by atoms with Gasteiger partial charge in [0, 0.05) is 30.4 Å². The average molecular weight is 500 g/mol. The third kappa shape index (κ3) is 4.10. The number of pyridine rings is 1. The molecule has 0 aliphatic heterocycles. The third-order valence-corrected chi connectivity index (χ3v) is 6.21. The van der Waals surface area contributed by atoms with Crippen LogP contribution < -0.4 is 15.6 Å². The molecule has 0 radical (unpaired) electrons. The number of carbonyl (C=O) groups excluding carboxylic acids is 1. The molecule has 0 unspecified atom stereocenters. The molecule has 6 aromatic rings. The van der Waals surface area contributed by atoms with Crippen molar-refractivity contribution in [2.24, 2.45) is 0 Å². The first-order valence-corrected chi connectivity index (χ1v) is 12.0. The minimum Gasteiger partial charge on any atom is -0.381 e. The van der Waals surface area contributed by atoms with Crippen LogP contribution in [0, 0.1) is 11.8 Å². The molecule has 1 amide bonds. The number of aromatic amines is 1. The SMILES string of the molecule is C[C@@H](NC(=O)c1c(N)nn2cccnc12)c1[nH]c2cccc(C#Cc3ccncc3)c2[n+]1-c1ccccc1. The van der Waals surface area contributed by atoms with E-state index in [9.17, 15) is 4.79 Å². The van der Waals surface area contributed by atoms with E-state index in [0.29, 0.717) is 5.65 Å². The maximum atomic E-state index is 13.4. The number of aromatic nitrogens is 6. The van der Waals surface area contributed by atoms with Gasteiger partial charge in [-0.15, -0.1) is 5.10 Å². The number of nitrogens with one attached hydrogen (secondary N) is 2. The van der Waals surface area contributed by atoms with E-state index >= 15 is 0 Å². The molecule has 9 nitrogen and oxygen atoms in total. The van der Waals surface area contributed by atoms with Crippen LogP contribution in [0.15, 0.2) is 91.5 Å². The Morgan fingerprint density at radius 1 is 1.03 bits per heavy atom. The Bertz CT molecular complexity index is 1850. The van der Waals surface area contributed by atoms with Gasteiger partial charge in [0.05, 0.1) is 5.56 Å². The number of H-pyrrole nitrogens is 1. The molecule has 0 spiro atoms. The van der Waals surface area contributed by atoms with Crippen LogP contribution in [0.1, 0.15) is 40.3 Å². The number of benzene rings is 2. The van der Waals surface area contributed by atoms with Crippen molar-refractivity contribution >= 4 is 28.4 Å². The van der Waals surface area contributed by atoms with Crippen molar-refractivity contribution in [3.63, 3.8) is 0 Å². The molecular weight excluding hydrogens is 476 g/mol. The zero-order chi connectivity index (χ0) is 26.1. The summed E-state index contributed by atoms with van der Waals surface area (Å²) in [4.78, 5) is 25.2. The molecule has 6 rings (SSSR count). The van der Waals surface area contributed by atoms with Crippen molar-refractivity contribution in [1.82, 2.24) is 29.9 Å². The summed E-state index contributed by atoms with van der Waals surface area (Å²) in [5, 5.41) is 7.28. The zero-order valence-corrected chi connectivity index (χ0v) is 20.5. The van der Waals surface area contributed by atoms with Crippen molar-refractivity contribution < 1.29 is 9.36 Å².